The van der Waals surface area contributed by atoms with Crippen molar-refractivity contribution in [2.45, 2.75) is 6.92 Å². The van der Waals surface area contributed by atoms with E-state index in [9.17, 15) is 4.79 Å². The lowest BCUT2D eigenvalue weighted by Gasteiger charge is -2.07. The highest BCUT2D eigenvalue weighted by Gasteiger charge is 2.09. The molecule has 0 aliphatic carbocycles. The summed E-state index contributed by atoms with van der Waals surface area (Å²) in [5, 5.41) is 3.16. The van der Waals surface area contributed by atoms with Crippen LogP contribution in [0.1, 0.15) is 16.1 Å². The largest absolute Gasteiger partial charge is 0.320 e. The summed E-state index contributed by atoms with van der Waals surface area (Å²) >= 11 is 9.02. The number of anilines is 1. The number of nitrogens with zero attached hydrogens (tertiary/aromatic N) is 2. The van der Waals surface area contributed by atoms with Gasteiger partial charge in [-0.05, 0) is 41.1 Å². The first-order chi connectivity index (χ1) is 8.56. The molecule has 2 rings (SSSR count). The van der Waals surface area contributed by atoms with Crippen LogP contribution in [-0.4, -0.2) is 15.9 Å². The molecule has 2 aromatic rings. The molecule has 0 saturated heterocycles. The molecule has 18 heavy (non-hydrogen) atoms. The summed E-state index contributed by atoms with van der Waals surface area (Å²) in [5.74, 6) is -0.240. The predicted molar refractivity (Wildman–Crippen MR) is 73.9 cm³/mol. The minimum absolute atomic E-state index is 0.240. The van der Waals surface area contributed by atoms with Gasteiger partial charge < -0.3 is 5.32 Å². The minimum Gasteiger partial charge on any atom is -0.320 e. The molecule has 1 amide bonds. The Bertz CT molecular complexity index is 604. The maximum atomic E-state index is 12.0. The fourth-order valence-corrected chi connectivity index (χ4v) is 1.95. The van der Waals surface area contributed by atoms with Gasteiger partial charge in [-0.15, -0.1) is 0 Å². The molecule has 1 N–H and O–H groups in total. The van der Waals surface area contributed by atoms with E-state index >= 15 is 0 Å². The fraction of sp³-hybridized carbons (Fsp3) is 0.0833. The molecule has 0 aliphatic heterocycles. The number of hydrogen-bond donors (Lipinski definition) is 1. The zero-order valence-corrected chi connectivity index (χ0v) is 11.8. The van der Waals surface area contributed by atoms with Crippen LogP contribution in [0.3, 0.4) is 0 Å². The summed E-state index contributed by atoms with van der Waals surface area (Å²) in [7, 11) is 0. The molecule has 0 fully saturated rings. The molecule has 2 heterocycles. The van der Waals surface area contributed by atoms with E-state index in [1.165, 1.54) is 6.20 Å². The first-order valence-electron chi connectivity index (χ1n) is 5.11. The number of carbonyl (C=O) groups is 1. The average molecular weight is 327 g/mol. The third-order valence-electron chi connectivity index (χ3n) is 2.27. The second-order valence-electron chi connectivity index (χ2n) is 3.61. The number of pyridine rings is 2. The van der Waals surface area contributed by atoms with Gasteiger partial charge in [-0.2, -0.15) is 0 Å². The van der Waals surface area contributed by atoms with E-state index in [1.54, 1.807) is 31.3 Å². The molecule has 0 unspecified atom stereocenters. The van der Waals surface area contributed by atoms with Crippen molar-refractivity contribution < 1.29 is 4.79 Å². The van der Waals surface area contributed by atoms with Gasteiger partial charge in [0.15, 0.2) is 0 Å². The highest BCUT2D eigenvalue weighted by Crippen LogP contribution is 2.17. The quantitative estimate of drug-likeness (QED) is 0.860. The maximum absolute atomic E-state index is 12.0. The van der Waals surface area contributed by atoms with Crippen molar-refractivity contribution in [3.63, 3.8) is 0 Å². The maximum Gasteiger partial charge on any atom is 0.257 e. The summed E-state index contributed by atoms with van der Waals surface area (Å²) < 4.78 is 0.751. The van der Waals surface area contributed by atoms with Crippen LogP contribution in [0, 0.1) is 6.92 Å². The van der Waals surface area contributed by atoms with Gasteiger partial charge in [0.05, 0.1) is 16.9 Å². The van der Waals surface area contributed by atoms with E-state index in [1.807, 2.05) is 0 Å². The molecular weight excluding hydrogens is 318 g/mol. The molecular formula is C12H9BrClN3O. The van der Waals surface area contributed by atoms with Crippen molar-refractivity contribution in [1.82, 2.24) is 9.97 Å². The summed E-state index contributed by atoms with van der Waals surface area (Å²) in [6.07, 6.45) is 3.12. The van der Waals surface area contributed by atoms with Crippen molar-refractivity contribution in [2.75, 3.05) is 5.32 Å². The normalized spacial score (nSPS) is 10.2. The molecule has 4 nitrogen and oxygen atoms in total. The zero-order valence-electron chi connectivity index (χ0n) is 9.45. The number of aryl methyl sites for hydroxylation is 1. The average Bonchev–Trinajstić information content (AvgIpc) is 2.32. The van der Waals surface area contributed by atoms with Gasteiger partial charge in [0.1, 0.15) is 5.15 Å². The summed E-state index contributed by atoms with van der Waals surface area (Å²) in [6.45, 7) is 1.78. The van der Waals surface area contributed by atoms with Crippen LogP contribution >= 0.6 is 27.5 Å². The van der Waals surface area contributed by atoms with Crippen LogP contribution in [0.15, 0.2) is 35.1 Å². The van der Waals surface area contributed by atoms with E-state index in [2.05, 4.69) is 31.2 Å². The van der Waals surface area contributed by atoms with Crippen molar-refractivity contribution in [3.05, 3.63) is 51.5 Å². The number of halogens is 2. The van der Waals surface area contributed by atoms with Gasteiger partial charge in [0.2, 0.25) is 0 Å². The lowest BCUT2D eigenvalue weighted by molar-refractivity contribution is 0.102. The Morgan fingerprint density at radius 1 is 1.39 bits per heavy atom. The van der Waals surface area contributed by atoms with Crippen molar-refractivity contribution in [1.29, 1.82) is 0 Å². The second-order valence-corrected chi connectivity index (χ2v) is 4.92. The SMILES string of the molecule is Cc1nc(Cl)ccc1NC(=O)c1cncc(Br)c1. The van der Waals surface area contributed by atoms with Crippen LogP contribution in [0.2, 0.25) is 5.15 Å². The molecule has 0 spiro atoms. The highest BCUT2D eigenvalue weighted by molar-refractivity contribution is 9.10. The van der Waals surface area contributed by atoms with Crippen LogP contribution < -0.4 is 5.32 Å². The van der Waals surface area contributed by atoms with E-state index in [4.69, 9.17) is 11.6 Å². The summed E-state index contributed by atoms with van der Waals surface area (Å²) in [6, 6.07) is 5.04. The minimum atomic E-state index is -0.240. The van der Waals surface area contributed by atoms with E-state index in [0.717, 1.165) is 4.47 Å². The van der Waals surface area contributed by atoms with E-state index < -0.39 is 0 Å². The van der Waals surface area contributed by atoms with E-state index in [0.29, 0.717) is 22.1 Å². The highest BCUT2D eigenvalue weighted by atomic mass is 79.9. The molecule has 6 heteroatoms. The Balaban J connectivity index is 2.21. The Hall–Kier alpha value is -1.46. The molecule has 0 bridgehead atoms. The number of rotatable bonds is 2. The van der Waals surface area contributed by atoms with Gasteiger partial charge in [-0.3, -0.25) is 9.78 Å². The van der Waals surface area contributed by atoms with Crippen molar-refractivity contribution in [2.24, 2.45) is 0 Å². The standard InChI is InChI=1S/C12H9BrClN3O/c1-7-10(2-3-11(14)16-7)17-12(18)8-4-9(13)6-15-5-8/h2-6H,1H3,(H,17,18). The third-order valence-corrected chi connectivity index (χ3v) is 2.91. The third kappa shape index (κ3) is 3.05. The van der Waals surface area contributed by atoms with Crippen LogP contribution in [0.25, 0.3) is 0 Å². The van der Waals surface area contributed by atoms with Gasteiger partial charge in [-0.1, -0.05) is 11.6 Å². The number of nitrogens with one attached hydrogen (secondary N) is 1. The molecule has 2 aromatic heterocycles. The molecule has 0 saturated carbocycles. The van der Waals surface area contributed by atoms with Crippen LogP contribution in [0.5, 0.6) is 0 Å². The molecule has 0 radical (unpaired) electrons. The van der Waals surface area contributed by atoms with Gasteiger partial charge in [0.25, 0.3) is 5.91 Å². The first-order valence-corrected chi connectivity index (χ1v) is 6.28. The van der Waals surface area contributed by atoms with Crippen molar-refractivity contribution in [3.8, 4) is 0 Å². The first kappa shape index (κ1) is 13.0. The van der Waals surface area contributed by atoms with Gasteiger partial charge in [-0.25, -0.2) is 4.98 Å². The Labute approximate surface area is 118 Å². The summed E-state index contributed by atoms with van der Waals surface area (Å²) in [5.41, 5.74) is 1.77. The molecule has 92 valence electrons. The Morgan fingerprint density at radius 2 is 2.17 bits per heavy atom. The number of aromatic nitrogens is 2. The Kier molecular flexibility index (Phi) is 3.93. The topological polar surface area (TPSA) is 54.9 Å². The second kappa shape index (κ2) is 5.46. The number of amides is 1. The van der Waals surface area contributed by atoms with Crippen LogP contribution in [-0.2, 0) is 0 Å². The lowest BCUT2D eigenvalue weighted by Crippen LogP contribution is -2.13. The molecule has 0 atom stereocenters. The summed E-state index contributed by atoms with van der Waals surface area (Å²) in [4.78, 5) is 20.0. The van der Waals surface area contributed by atoms with Crippen molar-refractivity contribution >= 4 is 39.1 Å². The smallest absolute Gasteiger partial charge is 0.257 e. The fourth-order valence-electron chi connectivity index (χ4n) is 1.39. The Morgan fingerprint density at radius 3 is 2.83 bits per heavy atom. The van der Waals surface area contributed by atoms with E-state index in [-0.39, 0.29) is 5.91 Å². The van der Waals surface area contributed by atoms with Crippen LogP contribution in [0.4, 0.5) is 5.69 Å². The monoisotopic (exact) mass is 325 g/mol. The predicted octanol–water partition coefficient (Wildman–Crippen LogP) is 3.45. The number of carbonyl (C=O) groups excluding carboxylic acids is 1. The lowest BCUT2D eigenvalue weighted by atomic mass is 10.2. The van der Waals surface area contributed by atoms with Gasteiger partial charge >= 0.3 is 0 Å². The van der Waals surface area contributed by atoms with Gasteiger partial charge in [0, 0.05) is 16.9 Å². The molecule has 0 aliphatic rings. The molecule has 0 aromatic carbocycles. The zero-order chi connectivity index (χ0) is 13.1. The number of hydrogen-bond acceptors (Lipinski definition) is 3.